The Morgan fingerprint density at radius 1 is 1.08 bits per heavy atom. The van der Waals surface area contributed by atoms with Gasteiger partial charge in [-0.05, 0) is 44.9 Å². The van der Waals surface area contributed by atoms with Crippen LogP contribution >= 0.6 is 0 Å². The van der Waals surface area contributed by atoms with E-state index in [1.807, 2.05) is 44.2 Å². The fourth-order valence-corrected chi connectivity index (χ4v) is 3.83. The molecule has 1 aliphatic rings. The largest absolute Gasteiger partial charge is 0.483 e. The highest BCUT2D eigenvalue weighted by Gasteiger charge is 2.39. The van der Waals surface area contributed by atoms with Crippen LogP contribution in [-0.4, -0.2) is 82.5 Å². The number of aromatic nitrogens is 1. The Morgan fingerprint density at radius 3 is 2.30 bits per heavy atom. The van der Waals surface area contributed by atoms with E-state index in [2.05, 4.69) is 20.9 Å². The Hall–Kier alpha value is -4.06. The van der Waals surface area contributed by atoms with Crippen LogP contribution in [0.1, 0.15) is 33.6 Å². The molecule has 12 heteroatoms. The van der Waals surface area contributed by atoms with E-state index in [1.165, 1.54) is 0 Å². The highest BCUT2D eigenvalue weighted by molar-refractivity contribution is 6.04. The van der Waals surface area contributed by atoms with E-state index in [0.717, 1.165) is 11.8 Å². The lowest BCUT2D eigenvalue weighted by molar-refractivity contribution is -0.141. The molecule has 3 atom stereocenters. The third-order valence-electron chi connectivity index (χ3n) is 5.79. The average Bonchev–Trinajstić information content (AvgIpc) is 3.37. The lowest BCUT2D eigenvalue weighted by atomic mass is 10.0. The zero-order valence-corrected chi connectivity index (χ0v) is 21.4. The predicted octanol–water partition coefficient (Wildman–Crippen LogP) is 1.31. The molecule has 0 bridgehead atoms. The van der Waals surface area contributed by atoms with Crippen LogP contribution < -0.4 is 16.0 Å². The average molecular weight is 518 g/mol. The second-order valence-electron chi connectivity index (χ2n) is 8.51. The van der Waals surface area contributed by atoms with Crippen molar-refractivity contribution < 1.29 is 34.2 Å². The number of nitrogens with zero attached hydrogens (tertiary/aromatic N) is 2. The number of nitrogens with one attached hydrogen (secondary N) is 3. The second kappa shape index (κ2) is 15.8. The topological polar surface area (TPSA) is 178 Å². The summed E-state index contributed by atoms with van der Waals surface area (Å²) in [4.78, 5) is 61.5. The zero-order chi connectivity index (χ0) is 28.0. The molecule has 0 spiro atoms. The summed E-state index contributed by atoms with van der Waals surface area (Å²) in [6, 6.07) is 7.72. The number of pyridine rings is 1. The summed E-state index contributed by atoms with van der Waals surface area (Å²) >= 11 is 0. The predicted molar refractivity (Wildman–Crippen MR) is 138 cm³/mol. The van der Waals surface area contributed by atoms with E-state index in [4.69, 9.17) is 19.8 Å². The summed E-state index contributed by atoms with van der Waals surface area (Å²) in [5, 5.41) is 23.4. The first-order valence-corrected chi connectivity index (χ1v) is 11.7. The van der Waals surface area contributed by atoms with E-state index >= 15 is 0 Å². The van der Waals surface area contributed by atoms with Crippen LogP contribution in [0.5, 0.6) is 0 Å². The number of hydrogen-bond donors (Lipinski definition) is 5. The Kier molecular flexibility index (Phi) is 13.3. The Balaban J connectivity index is 0.00000104. The second-order valence-corrected chi connectivity index (χ2v) is 8.51. The molecular formula is C25H35N5O7. The number of likely N-dealkylation sites (N-methyl/N-ethyl adjacent to an activating group) is 1. The molecule has 2 heterocycles. The molecule has 37 heavy (non-hydrogen) atoms. The van der Waals surface area contributed by atoms with Gasteiger partial charge in [0.2, 0.25) is 17.7 Å². The van der Waals surface area contributed by atoms with Crippen LogP contribution in [0, 0.1) is 5.92 Å². The molecule has 0 saturated carbocycles. The quantitative estimate of drug-likeness (QED) is 0.339. The third-order valence-corrected chi connectivity index (χ3v) is 5.79. The molecule has 1 fully saturated rings. The molecule has 202 valence electrons. The van der Waals surface area contributed by atoms with Gasteiger partial charge in [0.15, 0.2) is 0 Å². The number of carboxylic acid groups (broad SMARTS) is 2. The molecule has 5 N–H and O–H groups in total. The Labute approximate surface area is 215 Å². The minimum absolute atomic E-state index is 0.105. The van der Waals surface area contributed by atoms with Gasteiger partial charge in [-0.3, -0.25) is 29.0 Å². The van der Waals surface area contributed by atoms with Crippen LogP contribution in [0.2, 0.25) is 0 Å². The van der Waals surface area contributed by atoms with E-state index in [1.54, 1.807) is 25.1 Å². The van der Waals surface area contributed by atoms with Crippen molar-refractivity contribution in [3.05, 3.63) is 36.5 Å². The van der Waals surface area contributed by atoms with Gasteiger partial charge in [-0.2, -0.15) is 0 Å². The van der Waals surface area contributed by atoms with Gasteiger partial charge in [-0.1, -0.05) is 32.0 Å². The van der Waals surface area contributed by atoms with Crippen molar-refractivity contribution >= 4 is 47.3 Å². The van der Waals surface area contributed by atoms with Crippen LogP contribution in [0.4, 0.5) is 5.69 Å². The van der Waals surface area contributed by atoms with Gasteiger partial charge in [0.25, 0.3) is 12.9 Å². The number of amides is 3. The first-order valence-electron chi connectivity index (χ1n) is 11.7. The molecule has 2 aromatic rings. The molecule has 1 aromatic carbocycles. The molecule has 0 aliphatic carbocycles. The molecule has 1 aromatic heterocycles. The van der Waals surface area contributed by atoms with E-state index in [9.17, 15) is 14.4 Å². The number of anilines is 1. The normalized spacial score (nSPS) is 15.8. The van der Waals surface area contributed by atoms with E-state index in [-0.39, 0.29) is 36.6 Å². The van der Waals surface area contributed by atoms with E-state index in [0.29, 0.717) is 24.2 Å². The van der Waals surface area contributed by atoms with Gasteiger partial charge in [0.1, 0.15) is 12.1 Å². The zero-order valence-electron chi connectivity index (χ0n) is 21.4. The Morgan fingerprint density at radius 2 is 1.70 bits per heavy atom. The van der Waals surface area contributed by atoms with Crippen LogP contribution in [0.3, 0.4) is 0 Å². The monoisotopic (exact) mass is 517 g/mol. The summed E-state index contributed by atoms with van der Waals surface area (Å²) < 4.78 is 0. The lowest BCUT2D eigenvalue weighted by Gasteiger charge is -2.31. The number of carbonyl (C=O) groups excluding carboxylic acids is 3. The highest BCUT2D eigenvalue weighted by atomic mass is 16.3. The summed E-state index contributed by atoms with van der Waals surface area (Å²) in [7, 11) is 1.69. The van der Waals surface area contributed by atoms with Gasteiger partial charge >= 0.3 is 0 Å². The highest BCUT2D eigenvalue weighted by Crippen LogP contribution is 2.25. The standard InChI is InChI=1S/C23H31N5O3.2CH2O2/c1-14(2)19(27-21(29)15(3)24-4)23(31)28-13-7-11-18(28)22(30)26-17-10-5-8-16-9-6-12-25-20(16)17;2*2-1-3/h5-6,8-10,12,14-15,18-19,24H,7,11,13H2,1-4H3,(H,26,30)(H,27,29);2*1H,(H,2,3)/t15-,18-,19-;;/m0../s1. The summed E-state index contributed by atoms with van der Waals surface area (Å²) in [6.45, 7) is 5.51. The van der Waals surface area contributed by atoms with Crippen LogP contribution in [0.15, 0.2) is 36.5 Å². The van der Waals surface area contributed by atoms with Crippen molar-refractivity contribution in [1.29, 1.82) is 0 Å². The van der Waals surface area contributed by atoms with Crippen molar-refractivity contribution in [3.63, 3.8) is 0 Å². The molecular weight excluding hydrogens is 482 g/mol. The fourth-order valence-electron chi connectivity index (χ4n) is 3.83. The molecule has 0 radical (unpaired) electrons. The molecule has 3 rings (SSSR count). The minimum atomic E-state index is -0.684. The van der Waals surface area contributed by atoms with Gasteiger partial charge in [0.05, 0.1) is 17.2 Å². The molecule has 1 aliphatic heterocycles. The maximum atomic E-state index is 13.3. The molecule has 1 saturated heterocycles. The first-order chi connectivity index (χ1) is 17.7. The number of fused-ring (bicyclic) bond motifs is 1. The molecule has 0 unspecified atom stereocenters. The minimum Gasteiger partial charge on any atom is -0.483 e. The maximum Gasteiger partial charge on any atom is 0.290 e. The van der Waals surface area contributed by atoms with Gasteiger partial charge in [-0.15, -0.1) is 0 Å². The molecule has 12 nitrogen and oxygen atoms in total. The van der Waals surface area contributed by atoms with Crippen LogP contribution in [-0.2, 0) is 24.0 Å². The van der Waals surface area contributed by atoms with Crippen molar-refractivity contribution in [3.8, 4) is 0 Å². The van der Waals surface area contributed by atoms with Gasteiger partial charge in [0, 0.05) is 18.1 Å². The summed E-state index contributed by atoms with van der Waals surface area (Å²) in [5.74, 6) is -0.801. The van der Waals surface area contributed by atoms with Crippen LogP contribution in [0.25, 0.3) is 10.9 Å². The number of rotatable bonds is 7. The van der Waals surface area contributed by atoms with E-state index < -0.39 is 18.1 Å². The fraction of sp³-hybridized carbons (Fsp3) is 0.440. The Bertz CT molecular complexity index is 1050. The maximum absolute atomic E-state index is 13.3. The van der Waals surface area contributed by atoms with Gasteiger partial charge in [-0.25, -0.2) is 0 Å². The summed E-state index contributed by atoms with van der Waals surface area (Å²) in [6.07, 6.45) is 3.01. The van der Waals surface area contributed by atoms with Crippen molar-refractivity contribution in [2.75, 3.05) is 18.9 Å². The smallest absolute Gasteiger partial charge is 0.290 e. The van der Waals surface area contributed by atoms with Crippen molar-refractivity contribution in [1.82, 2.24) is 20.5 Å². The van der Waals surface area contributed by atoms with Gasteiger partial charge < -0.3 is 31.1 Å². The summed E-state index contributed by atoms with van der Waals surface area (Å²) in [5.41, 5.74) is 1.33. The molecule has 3 amide bonds. The lowest BCUT2D eigenvalue weighted by Crippen LogP contribution is -2.56. The number of hydrogen-bond acceptors (Lipinski definition) is 7. The first kappa shape index (κ1) is 31.0. The number of likely N-dealkylation sites (tertiary alicyclic amines) is 1. The number of benzene rings is 1. The van der Waals surface area contributed by atoms with Crippen molar-refractivity contribution in [2.24, 2.45) is 5.92 Å². The number of para-hydroxylation sites is 1. The SMILES string of the molecule is CN[C@@H](C)C(=O)N[C@H](C(=O)N1CCC[C@H]1C(=O)Nc1cccc2cccnc12)C(C)C.O=CO.O=CO. The number of carbonyl (C=O) groups is 5. The van der Waals surface area contributed by atoms with Crippen molar-refractivity contribution in [2.45, 2.75) is 51.7 Å². The third kappa shape index (κ3) is 8.83.